The number of carbonyl (C=O) groups is 2. The largest absolute Gasteiger partial charge is 0.368 e. The van der Waals surface area contributed by atoms with Crippen LogP contribution >= 0.6 is 0 Å². The van der Waals surface area contributed by atoms with E-state index in [4.69, 9.17) is 0 Å². The van der Waals surface area contributed by atoms with Crippen LogP contribution in [-0.2, 0) is 9.59 Å². The zero-order valence-electron chi connectivity index (χ0n) is 14.6. The molecule has 0 bridgehead atoms. The van der Waals surface area contributed by atoms with Crippen molar-refractivity contribution in [3.63, 3.8) is 0 Å². The Balaban J connectivity index is 1.73. The monoisotopic (exact) mass is 324 g/mol. The average molecular weight is 324 g/mol. The van der Waals surface area contributed by atoms with Gasteiger partial charge in [0.1, 0.15) is 0 Å². The van der Waals surface area contributed by atoms with Crippen molar-refractivity contribution in [3.05, 3.63) is 53.8 Å². The molecule has 1 heterocycles. The number of Topliss-reactive ketones (excluding diaryl/α,β-unsaturated/α-hetero) is 1. The first-order valence-corrected chi connectivity index (χ1v) is 8.44. The molecule has 0 unspecified atom stereocenters. The molecule has 0 saturated carbocycles. The molecule has 1 fully saturated rings. The third-order valence-electron chi connectivity index (χ3n) is 4.59. The first-order valence-electron chi connectivity index (χ1n) is 8.44. The minimum absolute atomic E-state index is 0.00439. The normalized spacial score (nSPS) is 19.3. The van der Waals surface area contributed by atoms with E-state index < -0.39 is 0 Å². The van der Waals surface area contributed by atoms with Crippen molar-refractivity contribution in [2.24, 2.45) is 5.41 Å². The first-order chi connectivity index (χ1) is 11.4. The molecular weight excluding hydrogens is 300 g/mol. The number of para-hydroxylation sites is 1. The molecule has 4 nitrogen and oxygen atoms in total. The summed E-state index contributed by atoms with van der Waals surface area (Å²) >= 11 is 0. The molecule has 2 aliphatic rings. The maximum Gasteiger partial charge on any atom is 0.205 e. The molecule has 0 amide bonds. The van der Waals surface area contributed by atoms with Gasteiger partial charge in [0, 0.05) is 43.5 Å². The third-order valence-corrected chi connectivity index (χ3v) is 4.59. The smallest absolute Gasteiger partial charge is 0.205 e. The number of benzene rings is 1. The molecule has 3 rings (SSSR count). The van der Waals surface area contributed by atoms with Gasteiger partial charge in [-0.1, -0.05) is 39.0 Å². The number of piperazine rings is 1. The predicted molar refractivity (Wildman–Crippen MR) is 95.9 cm³/mol. The fraction of sp³-hybridized carbons (Fsp3) is 0.400. The molecule has 0 atom stereocenters. The van der Waals surface area contributed by atoms with Crippen LogP contribution in [0.5, 0.6) is 0 Å². The number of nitrogens with zero attached hydrogens (tertiary/aromatic N) is 2. The SMILES string of the molecule is CC(C)(C)C1=CC(=O)C=C(N2CCN(c3ccccc3)CC2)C1=O. The summed E-state index contributed by atoms with van der Waals surface area (Å²) in [6.45, 7) is 9.10. The molecule has 1 aromatic rings. The number of carbonyl (C=O) groups excluding carboxylic acids is 2. The minimum Gasteiger partial charge on any atom is -0.368 e. The summed E-state index contributed by atoms with van der Waals surface area (Å²) in [4.78, 5) is 29.3. The van der Waals surface area contributed by atoms with Gasteiger partial charge in [-0.15, -0.1) is 0 Å². The van der Waals surface area contributed by atoms with E-state index in [0.29, 0.717) is 11.3 Å². The van der Waals surface area contributed by atoms with E-state index in [0.717, 1.165) is 26.2 Å². The van der Waals surface area contributed by atoms with Crippen LogP contribution < -0.4 is 4.90 Å². The van der Waals surface area contributed by atoms with Crippen LogP contribution in [0.2, 0.25) is 0 Å². The topological polar surface area (TPSA) is 40.6 Å². The van der Waals surface area contributed by atoms with Crippen LogP contribution in [0.4, 0.5) is 5.69 Å². The van der Waals surface area contributed by atoms with Crippen LogP contribution in [0.15, 0.2) is 53.8 Å². The Morgan fingerprint density at radius 2 is 1.42 bits per heavy atom. The number of ketones is 2. The maximum absolute atomic E-state index is 12.8. The van der Waals surface area contributed by atoms with Crippen molar-refractivity contribution >= 4 is 17.3 Å². The Kier molecular flexibility index (Phi) is 4.31. The molecular formula is C20H24N2O2. The Hall–Kier alpha value is -2.36. The highest BCUT2D eigenvalue weighted by Crippen LogP contribution is 2.31. The van der Waals surface area contributed by atoms with Crippen molar-refractivity contribution in [2.45, 2.75) is 20.8 Å². The standard InChI is InChI=1S/C20H24N2O2/c1-20(2,3)17-13-16(23)14-18(19(17)24)22-11-9-21(10-12-22)15-7-5-4-6-8-15/h4-8,13-14H,9-12H2,1-3H3. The van der Waals surface area contributed by atoms with Crippen LogP contribution in [0.3, 0.4) is 0 Å². The fourth-order valence-corrected chi connectivity index (χ4v) is 3.22. The Morgan fingerprint density at radius 3 is 2.00 bits per heavy atom. The Labute approximate surface area is 143 Å². The van der Waals surface area contributed by atoms with Gasteiger partial charge in [-0.3, -0.25) is 9.59 Å². The van der Waals surface area contributed by atoms with E-state index in [2.05, 4.69) is 21.9 Å². The second-order valence-corrected chi connectivity index (χ2v) is 7.38. The summed E-state index contributed by atoms with van der Waals surface area (Å²) < 4.78 is 0. The zero-order valence-corrected chi connectivity index (χ0v) is 14.6. The highest BCUT2D eigenvalue weighted by Gasteiger charge is 2.33. The van der Waals surface area contributed by atoms with E-state index in [1.54, 1.807) is 0 Å². The summed E-state index contributed by atoms with van der Waals surface area (Å²) in [7, 11) is 0. The first kappa shape index (κ1) is 16.5. The van der Waals surface area contributed by atoms with Gasteiger partial charge in [0.25, 0.3) is 0 Å². The average Bonchev–Trinajstić information content (AvgIpc) is 2.57. The second-order valence-electron chi connectivity index (χ2n) is 7.38. The highest BCUT2D eigenvalue weighted by molar-refractivity contribution is 6.20. The van der Waals surface area contributed by atoms with Gasteiger partial charge in [-0.05, 0) is 23.6 Å². The quantitative estimate of drug-likeness (QED) is 0.785. The van der Waals surface area contributed by atoms with Crippen molar-refractivity contribution < 1.29 is 9.59 Å². The maximum atomic E-state index is 12.8. The lowest BCUT2D eigenvalue weighted by Crippen LogP contribution is -2.48. The molecule has 1 saturated heterocycles. The molecule has 24 heavy (non-hydrogen) atoms. The lowest BCUT2D eigenvalue weighted by Gasteiger charge is -2.39. The number of hydrogen-bond donors (Lipinski definition) is 0. The van der Waals surface area contributed by atoms with Gasteiger partial charge in [0.05, 0.1) is 5.70 Å². The van der Waals surface area contributed by atoms with Gasteiger partial charge in [0.15, 0.2) is 5.78 Å². The van der Waals surface area contributed by atoms with Crippen LogP contribution in [0.1, 0.15) is 20.8 Å². The van der Waals surface area contributed by atoms with Crippen molar-refractivity contribution in [3.8, 4) is 0 Å². The summed E-state index contributed by atoms with van der Waals surface area (Å²) in [5, 5.41) is 0. The van der Waals surface area contributed by atoms with Gasteiger partial charge in [-0.2, -0.15) is 0 Å². The molecule has 126 valence electrons. The van der Waals surface area contributed by atoms with Crippen LogP contribution in [0.25, 0.3) is 0 Å². The highest BCUT2D eigenvalue weighted by atomic mass is 16.1. The van der Waals surface area contributed by atoms with Crippen molar-refractivity contribution in [2.75, 3.05) is 31.1 Å². The molecule has 0 radical (unpaired) electrons. The number of hydrogen-bond acceptors (Lipinski definition) is 4. The van der Waals surface area contributed by atoms with Gasteiger partial charge >= 0.3 is 0 Å². The van der Waals surface area contributed by atoms with E-state index >= 15 is 0 Å². The van der Waals surface area contributed by atoms with Crippen LogP contribution in [0, 0.1) is 5.41 Å². The molecule has 0 spiro atoms. The molecule has 1 aliphatic heterocycles. The van der Waals surface area contributed by atoms with E-state index in [1.165, 1.54) is 17.8 Å². The summed E-state index contributed by atoms with van der Waals surface area (Å²) in [5.41, 5.74) is 2.04. The van der Waals surface area contributed by atoms with Crippen molar-refractivity contribution in [1.82, 2.24) is 4.90 Å². The van der Waals surface area contributed by atoms with Crippen molar-refractivity contribution in [1.29, 1.82) is 0 Å². The lowest BCUT2D eigenvalue weighted by molar-refractivity contribution is -0.117. The second kappa shape index (κ2) is 6.27. The van der Waals surface area contributed by atoms with Gasteiger partial charge < -0.3 is 9.80 Å². The van der Waals surface area contributed by atoms with Gasteiger partial charge in [0.2, 0.25) is 5.78 Å². The molecule has 1 aromatic carbocycles. The summed E-state index contributed by atoms with van der Waals surface area (Å²) in [6, 6.07) is 10.3. The number of rotatable bonds is 2. The fourth-order valence-electron chi connectivity index (χ4n) is 3.22. The van der Waals surface area contributed by atoms with Crippen LogP contribution in [-0.4, -0.2) is 42.6 Å². The molecule has 1 aliphatic carbocycles. The predicted octanol–water partition coefficient (Wildman–Crippen LogP) is 2.82. The van der Waals surface area contributed by atoms with Gasteiger partial charge in [-0.25, -0.2) is 0 Å². The minimum atomic E-state index is -0.321. The molecule has 0 aromatic heterocycles. The lowest BCUT2D eigenvalue weighted by atomic mass is 9.80. The molecule has 4 heteroatoms. The Bertz CT molecular complexity index is 703. The summed E-state index contributed by atoms with van der Waals surface area (Å²) in [6.07, 6.45) is 2.99. The number of anilines is 1. The summed E-state index contributed by atoms with van der Waals surface area (Å²) in [5.74, 6) is -0.0877. The Morgan fingerprint density at radius 1 is 0.833 bits per heavy atom. The third kappa shape index (κ3) is 3.28. The van der Waals surface area contributed by atoms with E-state index in [-0.39, 0.29) is 17.0 Å². The van der Waals surface area contributed by atoms with E-state index in [1.807, 2.05) is 39.0 Å². The number of allylic oxidation sites excluding steroid dienone is 3. The zero-order chi connectivity index (χ0) is 17.3. The molecule has 0 N–H and O–H groups in total. The van der Waals surface area contributed by atoms with E-state index in [9.17, 15) is 9.59 Å².